The van der Waals surface area contributed by atoms with Gasteiger partial charge in [0.2, 0.25) is 5.91 Å². The lowest BCUT2D eigenvalue weighted by Gasteiger charge is -2.11. The summed E-state index contributed by atoms with van der Waals surface area (Å²) in [7, 11) is 0. The summed E-state index contributed by atoms with van der Waals surface area (Å²) in [4.78, 5) is 22.9. The summed E-state index contributed by atoms with van der Waals surface area (Å²) in [5, 5.41) is 16.6. The Labute approximate surface area is 91.0 Å². The van der Waals surface area contributed by atoms with Crippen molar-refractivity contribution in [1.82, 2.24) is 4.90 Å². The maximum absolute atomic E-state index is 11.3. The standard InChI is InChI=1S/C8H11N3O3S/c1-5(2)9-10-8-11(3-7(13)14)6(12)4-15-8/h3-4H2,1-2H3,(H,13,14)/b10-8+. The molecule has 0 aromatic carbocycles. The van der Waals surface area contributed by atoms with E-state index in [1.54, 1.807) is 13.8 Å². The van der Waals surface area contributed by atoms with Crippen molar-refractivity contribution in [3.05, 3.63) is 0 Å². The first-order valence-electron chi connectivity index (χ1n) is 4.24. The topological polar surface area (TPSA) is 82.3 Å². The number of carboxylic acid groups (broad SMARTS) is 1. The summed E-state index contributed by atoms with van der Waals surface area (Å²) >= 11 is 1.20. The molecule has 0 saturated carbocycles. The Morgan fingerprint density at radius 2 is 2.27 bits per heavy atom. The van der Waals surface area contributed by atoms with Gasteiger partial charge in [-0.3, -0.25) is 14.5 Å². The Bertz CT molecular complexity index is 347. The molecule has 0 bridgehead atoms. The Kier molecular flexibility index (Phi) is 3.84. The molecule has 1 aliphatic heterocycles. The van der Waals surface area contributed by atoms with E-state index < -0.39 is 5.97 Å². The van der Waals surface area contributed by atoms with Crippen molar-refractivity contribution < 1.29 is 14.7 Å². The predicted octanol–water partition coefficient (Wildman–Crippen LogP) is 0.398. The van der Waals surface area contributed by atoms with Crippen LogP contribution in [0, 0.1) is 0 Å². The van der Waals surface area contributed by atoms with Gasteiger partial charge in [-0.1, -0.05) is 11.8 Å². The second kappa shape index (κ2) is 4.92. The zero-order chi connectivity index (χ0) is 11.4. The van der Waals surface area contributed by atoms with Gasteiger partial charge in [-0.15, -0.1) is 5.10 Å². The second-order valence-corrected chi connectivity index (χ2v) is 4.03. The lowest BCUT2D eigenvalue weighted by molar-refractivity contribution is -0.140. The van der Waals surface area contributed by atoms with Gasteiger partial charge < -0.3 is 5.11 Å². The summed E-state index contributed by atoms with van der Waals surface area (Å²) in [5.74, 6) is -1.08. The summed E-state index contributed by atoms with van der Waals surface area (Å²) in [6.07, 6.45) is 0. The van der Waals surface area contributed by atoms with E-state index in [0.717, 1.165) is 10.6 Å². The number of carbonyl (C=O) groups is 2. The van der Waals surface area contributed by atoms with E-state index >= 15 is 0 Å². The first-order chi connectivity index (χ1) is 7.00. The Hall–Kier alpha value is -1.37. The minimum absolute atomic E-state index is 0.227. The second-order valence-electron chi connectivity index (χ2n) is 3.09. The van der Waals surface area contributed by atoms with Gasteiger partial charge in [0.1, 0.15) is 6.54 Å². The van der Waals surface area contributed by atoms with Crippen molar-refractivity contribution in [2.24, 2.45) is 10.2 Å². The van der Waals surface area contributed by atoms with Crippen LogP contribution in [0.2, 0.25) is 0 Å². The fourth-order valence-electron chi connectivity index (χ4n) is 0.905. The van der Waals surface area contributed by atoms with Crippen LogP contribution in [0.1, 0.15) is 13.8 Å². The minimum atomic E-state index is -1.06. The largest absolute Gasteiger partial charge is 0.480 e. The lowest BCUT2D eigenvalue weighted by atomic mass is 10.5. The maximum Gasteiger partial charge on any atom is 0.323 e. The van der Waals surface area contributed by atoms with Crippen LogP contribution < -0.4 is 0 Å². The van der Waals surface area contributed by atoms with Crippen LogP contribution in [0.5, 0.6) is 0 Å². The van der Waals surface area contributed by atoms with Crippen molar-refractivity contribution in [3.63, 3.8) is 0 Å². The molecule has 0 spiro atoms. The van der Waals surface area contributed by atoms with Crippen molar-refractivity contribution in [2.45, 2.75) is 13.8 Å². The number of thioether (sulfide) groups is 1. The van der Waals surface area contributed by atoms with E-state index in [1.165, 1.54) is 11.8 Å². The fraction of sp³-hybridized carbons (Fsp3) is 0.500. The highest BCUT2D eigenvalue weighted by molar-refractivity contribution is 8.15. The van der Waals surface area contributed by atoms with Crippen LogP contribution in [0.15, 0.2) is 10.2 Å². The van der Waals surface area contributed by atoms with Crippen molar-refractivity contribution >= 4 is 34.5 Å². The molecule has 1 fully saturated rings. The molecule has 1 amide bonds. The zero-order valence-electron chi connectivity index (χ0n) is 8.43. The van der Waals surface area contributed by atoms with Crippen LogP contribution in [-0.4, -0.2) is 45.1 Å². The molecule has 1 rings (SSSR count). The number of carbonyl (C=O) groups excluding carboxylic acids is 1. The Morgan fingerprint density at radius 3 is 2.80 bits per heavy atom. The molecule has 1 heterocycles. The van der Waals surface area contributed by atoms with Crippen LogP contribution in [0.25, 0.3) is 0 Å². The van der Waals surface area contributed by atoms with Crippen LogP contribution in [0.4, 0.5) is 0 Å². The predicted molar refractivity (Wildman–Crippen MR) is 58.0 cm³/mol. The van der Waals surface area contributed by atoms with Gasteiger partial charge in [0.25, 0.3) is 0 Å². The highest BCUT2D eigenvalue weighted by atomic mass is 32.2. The molecule has 6 nitrogen and oxygen atoms in total. The number of aliphatic carboxylic acids is 1. The molecule has 1 saturated heterocycles. The average molecular weight is 229 g/mol. The Balaban J connectivity index is 2.80. The van der Waals surface area contributed by atoms with Gasteiger partial charge in [-0.25, -0.2) is 0 Å². The monoisotopic (exact) mass is 229 g/mol. The van der Waals surface area contributed by atoms with E-state index in [2.05, 4.69) is 10.2 Å². The third-order valence-corrected chi connectivity index (χ3v) is 2.44. The zero-order valence-corrected chi connectivity index (χ0v) is 9.24. The molecule has 1 aliphatic rings. The number of rotatable bonds is 3. The number of amidine groups is 1. The first-order valence-corrected chi connectivity index (χ1v) is 5.23. The quantitative estimate of drug-likeness (QED) is 0.561. The van der Waals surface area contributed by atoms with Crippen LogP contribution in [0.3, 0.4) is 0 Å². The van der Waals surface area contributed by atoms with Gasteiger partial charge in [0.05, 0.1) is 5.75 Å². The molecule has 0 aromatic heterocycles. The molecule has 7 heteroatoms. The van der Waals surface area contributed by atoms with E-state index in [1.807, 2.05) is 0 Å². The van der Waals surface area contributed by atoms with Crippen LogP contribution >= 0.6 is 11.8 Å². The fourth-order valence-corrected chi connectivity index (χ4v) is 1.73. The third kappa shape index (κ3) is 3.35. The molecule has 15 heavy (non-hydrogen) atoms. The maximum atomic E-state index is 11.3. The van der Waals surface area contributed by atoms with E-state index in [-0.39, 0.29) is 18.2 Å². The summed E-state index contributed by atoms with van der Waals surface area (Å²) < 4.78 is 0. The molecule has 0 atom stereocenters. The van der Waals surface area contributed by atoms with E-state index in [9.17, 15) is 9.59 Å². The smallest absolute Gasteiger partial charge is 0.323 e. The van der Waals surface area contributed by atoms with E-state index in [0.29, 0.717) is 5.17 Å². The number of hydrogen-bond acceptors (Lipinski definition) is 5. The Morgan fingerprint density at radius 1 is 1.60 bits per heavy atom. The van der Waals surface area contributed by atoms with E-state index in [4.69, 9.17) is 5.11 Å². The number of amides is 1. The third-order valence-electron chi connectivity index (χ3n) is 1.49. The molecule has 0 aliphatic carbocycles. The van der Waals surface area contributed by atoms with Crippen molar-refractivity contribution in [3.8, 4) is 0 Å². The van der Waals surface area contributed by atoms with Crippen molar-refractivity contribution in [1.29, 1.82) is 0 Å². The van der Waals surface area contributed by atoms with Gasteiger partial charge in [-0.05, 0) is 13.8 Å². The van der Waals surface area contributed by atoms with Crippen molar-refractivity contribution in [2.75, 3.05) is 12.3 Å². The summed E-state index contributed by atoms with van der Waals surface area (Å²) in [6.45, 7) is 3.18. The average Bonchev–Trinajstić information content (AvgIpc) is 2.44. The summed E-state index contributed by atoms with van der Waals surface area (Å²) in [6, 6.07) is 0. The van der Waals surface area contributed by atoms with Crippen LogP contribution in [-0.2, 0) is 9.59 Å². The number of hydrogen-bond donors (Lipinski definition) is 1. The molecule has 0 aromatic rings. The SMILES string of the molecule is CC(C)=N/N=C1/SCC(=O)N1CC(=O)O. The minimum Gasteiger partial charge on any atom is -0.480 e. The van der Waals surface area contributed by atoms with Gasteiger partial charge >= 0.3 is 5.97 Å². The number of carboxylic acids is 1. The molecular weight excluding hydrogens is 218 g/mol. The highest BCUT2D eigenvalue weighted by Crippen LogP contribution is 2.19. The normalized spacial score (nSPS) is 18.4. The first kappa shape index (κ1) is 11.7. The molecule has 82 valence electrons. The lowest BCUT2D eigenvalue weighted by Crippen LogP contribution is -2.34. The summed E-state index contributed by atoms with van der Waals surface area (Å²) in [5.41, 5.74) is 0.748. The molecular formula is C8H11N3O3S. The van der Waals surface area contributed by atoms with Gasteiger partial charge in [0.15, 0.2) is 5.17 Å². The van der Waals surface area contributed by atoms with Gasteiger partial charge in [-0.2, -0.15) is 5.10 Å². The number of nitrogens with zero attached hydrogens (tertiary/aromatic N) is 3. The highest BCUT2D eigenvalue weighted by Gasteiger charge is 2.29. The molecule has 1 N–H and O–H groups in total. The molecule has 0 radical (unpaired) electrons. The molecule has 0 unspecified atom stereocenters. The van der Waals surface area contributed by atoms with Gasteiger partial charge in [0, 0.05) is 5.71 Å².